The van der Waals surface area contributed by atoms with E-state index in [2.05, 4.69) is 48.0 Å². The lowest BCUT2D eigenvalue weighted by atomic mass is 9.86. The molecule has 21 heavy (non-hydrogen) atoms. The maximum Gasteiger partial charge on any atom is 0.258 e. The Balaban J connectivity index is 1.97. The van der Waals surface area contributed by atoms with Crippen molar-refractivity contribution in [3.8, 4) is 22.8 Å². The molecule has 0 spiro atoms. The summed E-state index contributed by atoms with van der Waals surface area (Å²) in [6.45, 7) is 6.55. The number of rotatable bonds is 2. The fraction of sp³-hybridized carbons (Fsp3) is 0.235. The van der Waals surface area contributed by atoms with Crippen LogP contribution in [-0.2, 0) is 5.41 Å². The second-order valence-electron chi connectivity index (χ2n) is 5.99. The Kier molecular flexibility index (Phi) is 3.29. The first-order valence-corrected chi connectivity index (χ1v) is 6.89. The van der Waals surface area contributed by atoms with Crippen LogP contribution in [0.4, 0.5) is 0 Å². The standard InChI is InChI=1S/C17H17N3O/c1-17(2,3)14-6-4-5-13(11-14)16-19-15(20-21-16)12-7-9-18-10-8-12/h4-11H,1-3H3. The van der Waals surface area contributed by atoms with E-state index in [4.69, 9.17) is 4.52 Å². The van der Waals surface area contributed by atoms with Crippen molar-refractivity contribution in [3.63, 3.8) is 0 Å². The molecular formula is C17H17N3O. The van der Waals surface area contributed by atoms with Crippen LogP contribution in [0.25, 0.3) is 22.8 Å². The lowest BCUT2D eigenvalue weighted by Gasteiger charge is -2.19. The largest absolute Gasteiger partial charge is 0.334 e. The topological polar surface area (TPSA) is 51.8 Å². The summed E-state index contributed by atoms with van der Waals surface area (Å²) >= 11 is 0. The van der Waals surface area contributed by atoms with Gasteiger partial charge in [-0.15, -0.1) is 0 Å². The molecule has 1 aromatic carbocycles. The Labute approximate surface area is 123 Å². The van der Waals surface area contributed by atoms with Crippen LogP contribution in [-0.4, -0.2) is 15.1 Å². The summed E-state index contributed by atoms with van der Waals surface area (Å²) < 4.78 is 5.39. The van der Waals surface area contributed by atoms with Gasteiger partial charge >= 0.3 is 0 Å². The van der Waals surface area contributed by atoms with Gasteiger partial charge in [-0.05, 0) is 35.2 Å². The second kappa shape index (κ2) is 5.13. The molecule has 0 saturated carbocycles. The summed E-state index contributed by atoms with van der Waals surface area (Å²) in [6, 6.07) is 11.9. The molecule has 0 fully saturated rings. The van der Waals surface area contributed by atoms with Crippen molar-refractivity contribution in [2.45, 2.75) is 26.2 Å². The zero-order valence-corrected chi connectivity index (χ0v) is 12.4. The zero-order valence-electron chi connectivity index (χ0n) is 12.4. The highest BCUT2D eigenvalue weighted by Crippen LogP contribution is 2.27. The van der Waals surface area contributed by atoms with Gasteiger partial charge in [-0.1, -0.05) is 38.1 Å². The average molecular weight is 279 g/mol. The van der Waals surface area contributed by atoms with Crippen LogP contribution >= 0.6 is 0 Å². The lowest BCUT2D eigenvalue weighted by Crippen LogP contribution is -2.10. The van der Waals surface area contributed by atoms with Crippen molar-refractivity contribution in [2.75, 3.05) is 0 Å². The number of nitrogens with zero attached hydrogens (tertiary/aromatic N) is 3. The molecule has 0 atom stereocenters. The molecule has 0 bridgehead atoms. The van der Waals surface area contributed by atoms with Crippen molar-refractivity contribution < 1.29 is 4.52 Å². The normalized spacial score (nSPS) is 11.6. The van der Waals surface area contributed by atoms with Crippen LogP contribution in [0.2, 0.25) is 0 Å². The van der Waals surface area contributed by atoms with Crippen LogP contribution in [0.3, 0.4) is 0 Å². The molecule has 2 heterocycles. The minimum atomic E-state index is 0.0873. The van der Waals surface area contributed by atoms with Gasteiger partial charge in [0.1, 0.15) is 0 Å². The summed E-state index contributed by atoms with van der Waals surface area (Å²) in [5.74, 6) is 1.11. The zero-order chi connectivity index (χ0) is 14.9. The van der Waals surface area contributed by atoms with E-state index in [1.165, 1.54) is 5.56 Å². The molecule has 0 radical (unpaired) electrons. The van der Waals surface area contributed by atoms with Crippen LogP contribution in [0.15, 0.2) is 53.3 Å². The van der Waals surface area contributed by atoms with Crippen LogP contribution in [0, 0.1) is 0 Å². The van der Waals surface area contributed by atoms with Gasteiger partial charge in [0.2, 0.25) is 5.82 Å². The first-order chi connectivity index (χ1) is 10.0. The molecule has 0 aliphatic rings. The minimum absolute atomic E-state index is 0.0873. The number of pyridine rings is 1. The van der Waals surface area contributed by atoms with Crippen LogP contribution in [0.1, 0.15) is 26.3 Å². The van der Waals surface area contributed by atoms with E-state index in [0.717, 1.165) is 11.1 Å². The maximum absolute atomic E-state index is 5.39. The third-order valence-corrected chi connectivity index (χ3v) is 3.34. The molecule has 0 unspecified atom stereocenters. The highest BCUT2D eigenvalue weighted by molar-refractivity contribution is 5.60. The molecule has 4 heteroatoms. The van der Waals surface area contributed by atoms with Crippen molar-refractivity contribution in [1.29, 1.82) is 0 Å². The molecule has 3 rings (SSSR count). The van der Waals surface area contributed by atoms with Gasteiger partial charge in [0.15, 0.2) is 0 Å². The maximum atomic E-state index is 5.39. The SMILES string of the molecule is CC(C)(C)c1cccc(-c2nc(-c3ccncc3)no2)c1. The van der Waals surface area contributed by atoms with E-state index < -0.39 is 0 Å². The highest BCUT2D eigenvalue weighted by Gasteiger charge is 2.16. The van der Waals surface area contributed by atoms with E-state index >= 15 is 0 Å². The summed E-state index contributed by atoms with van der Waals surface area (Å²) in [7, 11) is 0. The lowest BCUT2D eigenvalue weighted by molar-refractivity contribution is 0.432. The van der Waals surface area contributed by atoms with E-state index in [-0.39, 0.29) is 5.41 Å². The predicted molar refractivity (Wildman–Crippen MR) is 81.7 cm³/mol. The van der Waals surface area contributed by atoms with Crippen molar-refractivity contribution in [1.82, 2.24) is 15.1 Å². The van der Waals surface area contributed by atoms with E-state index in [1.54, 1.807) is 12.4 Å². The van der Waals surface area contributed by atoms with Gasteiger partial charge in [0.05, 0.1) is 0 Å². The Bertz CT molecular complexity index is 742. The van der Waals surface area contributed by atoms with Gasteiger partial charge in [0, 0.05) is 23.5 Å². The van der Waals surface area contributed by atoms with E-state index in [0.29, 0.717) is 11.7 Å². The monoisotopic (exact) mass is 279 g/mol. The summed E-state index contributed by atoms with van der Waals surface area (Å²) in [5, 5.41) is 4.04. The Morgan fingerprint density at radius 3 is 2.43 bits per heavy atom. The number of aromatic nitrogens is 3. The van der Waals surface area contributed by atoms with E-state index in [9.17, 15) is 0 Å². The Morgan fingerprint density at radius 1 is 0.952 bits per heavy atom. The Morgan fingerprint density at radius 2 is 1.71 bits per heavy atom. The quantitative estimate of drug-likeness (QED) is 0.708. The van der Waals surface area contributed by atoms with Crippen molar-refractivity contribution in [3.05, 3.63) is 54.4 Å². The summed E-state index contributed by atoms with van der Waals surface area (Å²) in [6.07, 6.45) is 3.43. The molecule has 0 aliphatic carbocycles. The molecule has 0 saturated heterocycles. The third kappa shape index (κ3) is 2.84. The predicted octanol–water partition coefficient (Wildman–Crippen LogP) is 4.10. The molecular weight excluding hydrogens is 262 g/mol. The fourth-order valence-corrected chi connectivity index (χ4v) is 2.08. The van der Waals surface area contributed by atoms with Crippen LogP contribution in [0.5, 0.6) is 0 Å². The van der Waals surface area contributed by atoms with Crippen molar-refractivity contribution in [2.24, 2.45) is 0 Å². The third-order valence-electron chi connectivity index (χ3n) is 3.34. The molecule has 2 aromatic heterocycles. The smallest absolute Gasteiger partial charge is 0.258 e. The molecule has 4 nitrogen and oxygen atoms in total. The average Bonchev–Trinajstić information content (AvgIpc) is 2.97. The molecule has 0 aliphatic heterocycles. The highest BCUT2D eigenvalue weighted by atomic mass is 16.5. The molecule has 3 aromatic rings. The molecule has 0 amide bonds. The van der Waals surface area contributed by atoms with Gasteiger partial charge in [0.25, 0.3) is 5.89 Å². The number of benzene rings is 1. The van der Waals surface area contributed by atoms with E-state index in [1.807, 2.05) is 24.3 Å². The molecule has 0 N–H and O–H groups in total. The van der Waals surface area contributed by atoms with Gasteiger partial charge in [-0.25, -0.2) is 0 Å². The van der Waals surface area contributed by atoms with Crippen molar-refractivity contribution >= 4 is 0 Å². The first-order valence-electron chi connectivity index (χ1n) is 6.89. The number of hydrogen-bond donors (Lipinski definition) is 0. The second-order valence-corrected chi connectivity index (χ2v) is 5.99. The minimum Gasteiger partial charge on any atom is -0.334 e. The summed E-state index contributed by atoms with van der Waals surface area (Å²) in [4.78, 5) is 8.46. The number of hydrogen-bond acceptors (Lipinski definition) is 4. The molecule has 106 valence electrons. The van der Waals surface area contributed by atoms with Crippen LogP contribution < -0.4 is 0 Å². The van der Waals surface area contributed by atoms with Gasteiger partial charge in [-0.3, -0.25) is 4.98 Å². The van der Waals surface area contributed by atoms with Gasteiger partial charge in [-0.2, -0.15) is 4.98 Å². The first kappa shape index (κ1) is 13.5. The van der Waals surface area contributed by atoms with Gasteiger partial charge < -0.3 is 4.52 Å². The Hall–Kier alpha value is -2.49. The fourth-order valence-electron chi connectivity index (χ4n) is 2.08. The summed E-state index contributed by atoms with van der Waals surface area (Å²) in [5.41, 5.74) is 3.16.